The summed E-state index contributed by atoms with van der Waals surface area (Å²) < 4.78 is 0. The van der Waals surface area contributed by atoms with Crippen LogP contribution in [0.4, 0.5) is 0 Å². The van der Waals surface area contributed by atoms with Crippen LogP contribution < -0.4 is 10.6 Å². The van der Waals surface area contributed by atoms with Gasteiger partial charge in [-0.15, -0.1) is 0 Å². The molecule has 1 atom stereocenters. The average Bonchev–Trinajstić information content (AvgIpc) is 2.55. The van der Waals surface area contributed by atoms with Crippen LogP contribution >= 0.6 is 0 Å². The van der Waals surface area contributed by atoms with Gasteiger partial charge in [0.25, 0.3) is 0 Å². The maximum atomic E-state index is 12.6. The minimum absolute atomic E-state index is 0.0316. The number of amides is 2. The molecule has 0 aliphatic heterocycles. The Balaban J connectivity index is 1.81. The molecule has 5 nitrogen and oxygen atoms in total. The third-order valence-corrected chi connectivity index (χ3v) is 4.74. The lowest BCUT2D eigenvalue weighted by Gasteiger charge is -2.25. The summed E-state index contributed by atoms with van der Waals surface area (Å²) in [5, 5.41) is 5.99. The number of carbonyl (C=O) groups excluding carboxylic acids is 2. The maximum Gasteiger partial charge on any atom is 0.241 e. The molecule has 2 amide bonds. The number of nitrogens with zero attached hydrogens (tertiary/aromatic N) is 1. The van der Waals surface area contributed by atoms with Gasteiger partial charge in [0, 0.05) is 19.0 Å². The lowest BCUT2D eigenvalue weighted by atomic mass is 9.95. The van der Waals surface area contributed by atoms with Crippen molar-refractivity contribution in [3.05, 3.63) is 35.4 Å². The number of benzene rings is 1. The maximum absolute atomic E-state index is 12.6. The number of nitrogens with one attached hydrogen (secondary N) is 2. The van der Waals surface area contributed by atoms with Crippen LogP contribution in [0.1, 0.15) is 55.7 Å². The topological polar surface area (TPSA) is 61.4 Å². The summed E-state index contributed by atoms with van der Waals surface area (Å²) in [6, 6.07) is 7.95. The molecule has 2 N–H and O–H groups in total. The van der Waals surface area contributed by atoms with E-state index in [0.29, 0.717) is 19.0 Å². The van der Waals surface area contributed by atoms with Crippen LogP contribution in [0.2, 0.25) is 0 Å². The quantitative estimate of drug-likeness (QED) is 0.798. The summed E-state index contributed by atoms with van der Waals surface area (Å²) in [5.74, 6) is -0.0368. The van der Waals surface area contributed by atoms with Gasteiger partial charge in [-0.3, -0.25) is 14.5 Å². The summed E-state index contributed by atoms with van der Waals surface area (Å²) in [4.78, 5) is 26.5. The highest BCUT2D eigenvalue weighted by Gasteiger charge is 2.23. The number of hydrogen-bond acceptors (Lipinski definition) is 3. The molecule has 0 unspecified atom stereocenters. The van der Waals surface area contributed by atoms with Crippen molar-refractivity contribution in [1.82, 2.24) is 15.5 Å². The van der Waals surface area contributed by atoms with E-state index in [1.165, 1.54) is 19.3 Å². The fourth-order valence-corrected chi connectivity index (χ4v) is 3.47. The Kier molecular flexibility index (Phi) is 7.44. The standard InChI is InChI=1S/C20H31N3O2/c1-15-8-7-9-16(14-15)19(23(2)3)20(25)21-13-12-18(24)22-17-10-5-4-6-11-17/h7-9,14,17,19H,4-6,10-13H2,1-3H3,(H,21,25)(H,22,24)/t19-/m1/s1. The molecule has 0 spiro atoms. The third kappa shape index (κ3) is 6.16. The second-order valence-corrected chi connectivity index (χ2v) is 7.22. The molecule has 0 bridgehead atoms. The van der Waals surface area contributed by atoms with Crippen molar-refractivity contribution in [1.29, 1.82) is 0 Å². The van der Waals surface area contributed by atoms with Gasteiger partial charge in [-0.2, -0.15) is 0 Å². The number of likely N-dealkylation sites (N-methyl/N-ethyl adjacent to an activating group) is 1. The van der Waals surface area contributed by atoms with Crippen molar-refractivity contribution in [2.45, 2.75) is 57.5 Å². The van der Waals surface area contributed by atoms with Gasteiger partial charge in [-0.05, 0) is 39.4 Å². The molecule has 138 valence electrons. The summed E-state index contributed by atoms with van der Waals surface area (Å²) in [7, 11) is 3.78. The second-order valence-electron chi connectivity index (χ2n) is 7.22. The van der Waals surface area contributed by atoms with Crippen LogP contribution in [0.3, 0.4) is 0 Å². The van der Waals surface area contributed by atoms with Crippen molar-refractivity contribution < 1.29 is 9.59 Å². The Morgan fingerprint density at radius 2 is 1.92 bits per heavy atom. The van der Waals surface area contributed by atoms with Crippen LogP contribution in [0, 0.1) is 6.92 Å². The Morgan fingerprint density at radius 1 is 1.20 bits per heavy atom. The first kappa shape index (κ1) is 19.4. The van der Waals surface area contributed by atoms with Crippen molar-refractivity contribution in [2.24, 2.45) is 0 Å². The van der Waals surface area contributed by atoms with Crippen molar-refractivity contribution >= 4 is 11.8 Å². The van der Waals surface area contributed by atoms with E-state index in [0.717, 1.165) is 24.0 Å². The highest BCUT2D eigenvalue weighted by atomic mass is 16.2. The fourth-order valence-electron chi connectivity index (χ4n) is 3.47. The highest BCUT2D eigenvalue weighted by Crippen LogP contribution is 2.20. The number of carbonyl (C=O) groups is 2. The van der Waals surface area contributed by atoms with E-state index in [9.17, 15) is 9.59 Å². The summed E-state index contributed by atoms with van der Waals surface area (Å²) in [5.41, 5.74) is 2.10. The molecule has 25 heavy (non-hydrogen) atoms. The first-order valence-electron chi connectivity index (χ1n) is 9.27. The van der Waals surface area contributed by atoms with Crippen molar-refractivity contribution in [3.8, 4) is 0 Å². The van der Waals surface area contributed by atoms with E-state index in [4.69, 9.17) is 0 Å². The zero-order valence-electron chi connectivity index (χ0n) is 15.7. The van der Waals surface area contributed by atoms with E-state index in [1.54, 1.807) is 0 Å². The Labute approximate surface area is 151 Å². The first-order chi connectivity index (χ1) is 12.0. The summed E-state index contributed by atoms with van der Waals surface area (Å²) >= 11 is 0. The Hall–Kier alpha value is -1.88. The van der Waals surface area contributed by atoms with E-state index < -0.39 is 0 Å². The van der Waals surface area contributed by atoms with Crippen LogP contribution in [0.5, 0.6) is 0 Å². The molecule has 1 aliphatic carbocycles. The zero-order valence-corrected chi connectivity index (χ0v) is 15.7. The summed E-state index contributed by atoms with van der Waals surface area (Å²) in [6.07, 6.45) is 6.15. The minimum Gasteiger partial charge on any atom is -0.354 e. The Bertz CT molecular complexity index is 580. The number of rotatable bonds is 7. The predicted octanol–water partition coefficient (Wildman–Crippen LogP) is 2.55. The van der Waals surface area contributed by atoms with Crippen molar-refractivity contribution in [3.63, 3.8) is 0 Å². The molecule has 0 radical (unpaired) electrons. The van der Waals surface area contributed by atoms with Crippen LogP contribution in [0.25, 0.3) is 0 Å². The van der Waals surface area contributed by atoms with Gasteiger partial charge >= 0.3 is 0 Å². The number of aryl methyl sites for hydroxylation is 1. The molecule has 1 aromatic rings. The van der Waals surface area contributed by atoms with E-state index in [2.05, 4.69) is 10.6 Å². The highest BCUT2D eigenvalue weighted by molar-refractivity contribution is 5.84. The number of hydrogen-bond donors (Lipinski definition) is 2. The van der Waals surface area contributed by atoms with Gasteiger partial charge in [0.2, 0.25) is 11.8 Å². The third-order valence-electron chi connectivity index (χ3n) is 4.74. The zero-order chi connectivity index (χ0) is 18.2. The molecule has 1 aliphatic rings. The summed E-state index contributed by atoms with van der Waals surface area (Å²) in [6.45, 7) is 2.39. The normalized spacial score (nSPS) is 16.5. The van der Waals surface area contributed by atoms with Gasteiger partial charge in [-0.25, -0.2) is 0 Å². The lowest BCUT2D eigenvalue weighted by Crippen LogP contribution is -2.40. The molecule has 0 saturated heterocycles. The van der Waals surface area contributed by atoms with Crippen molar-refractivity contribution in [2.75, 3.05) is 20.6 Å². The lowest BCUT2D eigenvalue weighted by molar-refractivity contribution is -0.126. The van der Waals surface area contributed by atoms with Crippen LogP contribution in [0.15, 0.2) is 24.3 Å². The second kappa shape index (κ2) is 9.56. The van der Waals surface area contributed by atoms with Gasteiger partial charge in [-0.1, -0.05) is 49.1 Å². The molecule has 0 heterocycles. The van der Waals surface area contributed by atoms with Crippen LogP contribution in [-0.2, 0) is 9.59 Å². The molecular weight excluding hydrogens is 314 g/mol. The smallest absolute Gasteiger partial charge is 0.241 e. The monoisotopic (exact) mass is 345 g/mol. The molecule has 1 saturated carbocycles. The van der Waals surface area contributed by atoms with E-state index in [1.807, 2.05) is 50.2 Å². The molecule has 5 heteroatoms. The largest absolute Gasteiger partial charge is 0.354 e. The average molecular weight is 345 g/mol. The van der Waals surface area contributed by atoms with E-state index >= 15 is 0 Å². The molecule has 1 fully saturated rings. The molecular formula is C20H31N3O2. The first-order valence-corrected chi connectivity index (χ1v) is 9.27. The van der Waals surface area contributed by atoms with Crippen LogP contribution in [-0.4, -0.2) is 43.4 Å². The van der Waals surface area contributed by atoms with Gasteiger partial charge in [0.05, 0.1) is 0 Å². The fraction of sp³-hybridized carbons (Fsp3) is 0.600. The molecule has 0 aromatic heterocycles. The Morgan fingerprint density at radius 3 is 2.56 bits per heavy atom. The molecule has 1 aromatic carbocycles. The minimum atomic E-state index is -0.346. The predicted molar refractivity (Wildman–Crippen MR) is 100 cm³/mol. The van der Waals surface area contributed by atoms with Gasteiger partial charge in [0.1, 0.15) is 6.04 Å². The van der Waals surface area contributed by atoms with Gasteiger partial charge < -0.3 is 10.6 Å². The SMILES string of the molecule is Cc1cccc([C@H](C(=O)NCCC(=O)NC2CCCCC2)N(C)C)c1. The van der Waals surface area contributed by atoms with Gasteiger partial charge in [0.15, 0.2) is 0 Å². The van der Waals surface area contributed by atoms with E-state index in [-0.39, 0.29) is 17.9 Å². The molecule has 2 rings (SSSR count).